The highest BCUT2D eigenvalue weighted by Gasteiger charge is 2.15. The lowest BCUT2D eigenvalue weighted by Crippen LogP contribution is -2.05. The molecule has 0 saturated heterocycles. The van der Waals surface area contributed by atoms with E-state index in [1.54, 1.807) is 11.3 Å². The molecule has 0 aliphatic carbocycles. The topological polar surface area (TPSA) is 48.4 Å². The van der Waals surface area contributed by atoms with Gasteiger partial charge < -0.3 is 9.47 Å². The van der Waals surface area contributed by atoms with Crippen molar-refractivity contribution in [2.45, 2.75) is 32.6 Å². The van der Waals surface area contributed by atoms with Crippen LogP contribution in [0.5, 0.6) is 0 Å². The van der Waals surface area contributed by atoms with Crippen LogP contribution in [0.2, 0.25) is 0 Å². The summed E-state index contributed by atoms with van der Waals surface area (Å²) in [5.41, 5.74) is 2.97. The van der Waals surface area contributed by atoms with Crippen LogP contribution in [0.4, 0.5) is 0 Å². The molecule has 0 aliphatic rings. The number of carbonyl (C=O) groups excluding carboxylic acids is 1. The van der Waals surface area contributed by atoms with Crippen LogP contribution >= 0.6 is 11.3 Å². The number of nitrogens with zero attached hydrogens (tertiary/aromatic N) is 1. The highest BCUT2D eigenvalue weighted by Crippen LogP contribution is 2.26. The SMILES string of the molecule is CCCC(C)c1nc(/C=C\c2ccccc2/C(=C\OC)C(=O)OC)cs1. The summed E-state index contributed by atoms with van der Waals surface area (Å²) in [6, 6.07) is 7.63. The van der Waals surface area contributed by atoms with Crippen LogP contribution < -0.4 is 0 Å². The molecular formula is C21H25NO3S. The van der Waals surface area contributed by atoms with E-state index in [9.17, 15) is 4.79 Å². The summed E-state index contributed by atoms with van der Waals surface area (Å²) in [7, 11) is 2.87. The van der Waals surface area contributed by atoms with E-state index in [-0.39, 0.29) is 0 Å². The Morgan fingerprint density at radius 1 is 1.27 bits per heavy atom. The Kier molecular flexibility index (Phi) is 7.60. The zero-order valence-corrected chi connectivity index (χ0v) is 16.5. The zero-order valence-electron chi connectivity index (χ0n) is 15.7. The molecule has 1 unspecified atom stereocenters. The quantitative estimate of drug-likeness (QED) is 0.355. The third-order valence-corrected chi connectivity index (χ3v) is 5.10. The van der Waals surface area contributed by atoms with Gasteiger partial charge in [0.15, 0.2) is 0 Å². The predicted molar refractivity (Wildman–Crippen MR) is 108 cm³/mol. The van der Waals surface area contributed by atoms with E-state index in [0.29, 0.717) is 11.5 Å². The Hall–Kier alpha value is -2.40. The van der Waals surface area contributed by atoms with E-state index in [4.69, 9.17) is 14.5 Å². The van der Waals surface area contributed by atoms with Gasteiger partial charge in [-0.2, -0.15) is 0 Å². The highest BCUT2D eigenvalue weighted by molar-refractivity contribution is 7.09. The lowest BCUT2D eigenvalue weighted by molar-refractivity contribution is -0.133. The first-order valence-electron chi connectivity index (χ1n) is 8.64. The van der Waals surface area contributed by atoms with Gasteiger partial charge in [-0.1, -0.05) is 50.6 Å². The second kappa shape index (κ2) is 9.92. The summed E-state index contributed by atoms with van der Waals surface area (Å²) in [4.78, 5) is 16.8. The van der Waals surface area contributed by atoms with Crippen molar-refractivity contribution in [2.75, 3.05) is 14.2 Å². The average molecular weight is 372 g/mol. The molecule has 0 radical (unpaired) electrons. The molecule has 0 amide bonds. The normalized spacial score (nSPS) is 13.0. The summed E-state index contributed by atoms with van der Waals surface area (Å²) in [6.07, 6.45) is 7.64. The molecule has 0 N–H and O–H groups in total. The molecule has 1 atom stereocenters. The number of aromatic nitrogens is 1. The first-order chi connectivity index (χ1) is 12.6. The average Bonchev–Trinajstić information content (AvgIpc) is 3.13. The lowest BCUT2D eigenvalue weighted by atomic mass is 10.00. The number of hydrogen-bond acceptors (Lipinski definition) is 5. The molecule has 0 spiro atoms. The van der Waals surface area contributed by atoms with Crippen molar-refractivity contribution in [3.63, 3.8) is 0 Å². The molecule has 1 heterocycles. The van der Waals surface area contributed by atoms with E-state index in [1.807, 2.05) is 36.4 Å². The van der Waals surface area contributed by atoms with Crippen LogP contribution in [0.15, 0.2) is 35.9 Å². The van der Waals surface area contributed by atoms with Gasteiger partial charge in [-0.05, 0) is 23.6 Å². The number of ether oxygens (including phenoxy) is 2. The third kappa shape index (κ3) is 5.05. The van der Waals surface area contributed by atoms with Crippen LogP contribution in [-0.4, -0.2) is 25.2 Å². The first-order valence-corrected chi connectivity index (χ1v) is 9.52. The van der Waals surface area contributed by atoms with Gasteiger partial charge in [0.05, 0.1) is 31.2 Å². The minimum absolute atomic E-state index is 0.380. The minimum Gasteiger partial charge on any atom is -0.503 e. The summed E-state index contributed by atoms with van der Waals surface area (Å²) < 4.78 is 9.92. The minimum atomic E-state index is -0.433. The molecule has 4 nitrogen and oxygen atoms in total. The highest BCUT2D eigenvalue weighted by atomic mass is 32.1. The largest absolute Gasteiger partial charge is 0.503 e. The Morgan fingerprint density at radius 3 is 2.73 bits per heavy atom. The number of benzene rings is 1. The fraction of sp³-hybridized carbons (Fsp3) is 0.333. The maximum Gasteiger partial charge on any atom is 0.341 e. The number of carbonyl (C=O) groups is 1. The van der Waals surface area contributed by atoms with Crippen molar-refractivity contribution in [3.05, 3.63) is 57.7 Å². The fourth-order valence-corrected chi connectivity index (χ4v) is 3.55. The molecule has 1 aromatic heterocycles. The van der Waals surface area contributed by atoms with E-state index < -0.39 is 5.97 Å². The van der Waals surface area contributed by atoms with E-state index in [2.05, 4.69) is 19.2 Å². The zero-order chi connectivity index (χ0) is 18.9. The van der Waals surface area contributed by atoms with Gasteiger partial charge in [-0.25, -0.2) is 9.78 Å². The molecule has 0 aliphatic heterocycles. The van der Waals surface area contributed by atoms with Gasteiger partial charge in [0.1, 0.15) is 5.57 Å². The Morgan fingerprint density at radius 2 is 2.04 bits per heavy atom. The fourth-order valence-electron chi connectivity index (χ4n) is 2.67. The number of methoxy groups -OCH3 is 2. The molecule has 5 heteroatoms. The molecule has 0 fully saturated rings. The van der Waals surface area contributed by atoms with Crippen molar-refractivity contribution in [3.8, 4) is 0 Å². The number of hydrogen-bond donors (Lipinski definition) is 0. The number of rotatable bonds is 8. The maximum atomic E-state index is 12.1. The second-order valence-electron chi connectivity index (χ2n) is 5.98. The van der Waals surface area contributed by atoms with Crippen LogP contribution in [0.25, 0.3) is 17.7 Å². The summed E-state index contributed by atoms with van der Waals surface area (Å²) in [6.45, 7) is 4.40. The van der Waals surface area contributed by atoms with E-state index in [0.717, 1.165) is 34.7 Å². The van der Waals surface area contributed by atoms with E-state index in [1.165, 1.54) is 20.5 Å². The molecule has 2 aromatic rings. The van der Waals surface area contributed by atoms with Crippen molar-refractivity contribution in [1.29, 1.82) is 0 Å². The van der Waals surface area contributed by atoms with Crippen LogP contribution in [0, 0.1) is 0 Å². The van der Waals surface area contributed by atoms with Gasteiger partial charge in [-0.15, -0.1) is 11.3 Å². The van der Waals surface area contributed by atoms with E-state index >= 15 is 0 Å². The Labute approximate surface area is 159 Å². The number of thiazole rings is 1. The number of esters is 1. The lowest BCUT2D eigenvalue weighted by Gasteiger charge is -2.08. The maximum absolute atomic E-state index is 12.1. The van der Waals surface area contributed by atoms with Crippen LogP contribution in [-0.2, 0) is 14.3 Å². The summed E-state index contributed by atoms with van der Waals surface area (Å²) in [5.74, 6) is 0.0482. The van der Waals surface area contributed by atoms with Gasteiger partial charge in [0, 0.05) is 11.3 Å². The van der Waals surface area contributed by atoms with Crippen molar-refractivity contribution >= 4 is 35.0 Å². The van der Waals surface area contributed by atoms with Crippen molar-refractivity contribution in [2.24, 2.45) is 0 Å². The smallest absolute Gasteiger partial charge is 0.341 e. The van der Waals surface area contributed by atoms with Crippen LogP contribution in [0.1, 0.15) is 54.4 Å². The molecule has 26 heavy (non-hydrogen) atoms. The monoisotopic (exact) mass is 371 g/mol. The van der Waals surface area contributed by atoms with Gasteiger partial charge >= 0.3 is 5.97 Å². The molecule has 0 bridgehead atoms. The van der Waals surface area contributed by atoms with Gasteiger partial charge in [0.2, 0.25) is 0 Å². The molecule has 2 rings (SSSR count). The van der Waals surface area contributed by atoms with Gasteiger partial charge in [0.25, 0.3) is 0 Å². The summed E-state index contributed by atoms with van der Waals surface area (Å²) >= 11 is 1.69. The molecule has 138 valence electrons. The summed E-state index contributed by atoms with van der Waals surface area (Å²) in [5, 5.41) is 3.22. The second-order valence-corrected chi connectivity index (χ2v) is 6.87. The van der Waals surface area contributed by atoms with Crippen LogP contribution in [0.3, 0.4) is 0 Å². The Balaban J connectivity index is 2.29. The van der Waals surface area contributed by atoms with Crippen molar-refractivity contribution < 1.29 is 14.3 Å². The van der Waals surface area contributed by atoms with Crippen molar-refractivity contribution in [1.82, 2.24) is 4.98 Å². The molecule has 1 aromatic carbocycles. The predicted octanol–water partition coefficient (Wildman–Crippen LogP) is 5.38. The standard InChI is InChI=1S/C21H25NO3S/c1-5-8-15(2)20-22-17(14-26-20)12-11-16-9-6-7-10-18(16)19(13-24-3)21(23)25-4/h6-7,9-15H,5,8H2,1-4H3/b12-11-,19-13+. The Bertz CT molecular complexity index is 792. The molecular weight excluding hydrogens is 346 g/mol. The van der Waals surface area contributed by atoms with Gasteiger partial charge in [-0.3, -0.25) is 0 Å². The molecule has 0 saturated carbocycles. The first kappa shape index (κ1) is 19.9. The third-order valence-electron chi connectivity index (χ3n) is 4.01.